The van der Waals surface area contributed by atoms with E-state index in [4.69, 9.17) is 25.8 Å². The number of rotatable bonds is 18. The monoisotopic (exact) mass is 812 g/mol. The van der Waals surface area contributed by atoms with Crippen LogP contribution in [0.15, 0.2) is 54.6 Å². The van der Waals surface area contributed by atoms with Crippen molar-refractivity contribution in [3.8, 4) is 11.5 Å². The van der Waals surface area contributed by atoms with E-state index < -0.39 is 28.7 Å². The number of unbranched alkanes of at least 4 members (excludes halogenated alkanes) is 1. The van der Waals surface area contributed by atoms with E-state index in [2.05, 4.69) is 21.9 Å². The van der Waals surface area contributed by atoms with Gasteiger partial charge in [0.05, 0.1) is 44.9 Å². The molecule has 3 aliphatic rings. The Hall–Kier alpha value is -4.69. The van der Waals surface area contributed by atoms with Crippen molar-refractivity contribution in [2.45, 2.75) is 76.9 Å². The summed E-state index contributed by atoms with van der Waals surface area (Å²) in [4.78, 5) is 49.9. The standard InChI is InChI=1S/C42H51ClF2N4O8/c1-5-18-47(24-29-12-17-34(54-4)27(2)22-29)40(50)36-31(30-13-10-28(11-14-30)9-8-20-55-38-33(45)16-15-32(44)37(38)43)23-42-26-46(3)25-35(42)48(39(36)42)41(51)56-19-6-7-21-57-49(52)53/h10-17,22,31,35-36,39H,5-9,18-21,23-26H2,1-4H3. The molecule has 2 aliphatic heterocycles. The molecule has 1 spiro atoms. The van der Waals surface area contributed by atoms with Crippen molar-refractivity contribution < 1.29 is 42.5 Å². The molecule has 2 saturated heterocycles. The third kappa shape index (κ3) is 8.91. The Bertz CT molecular complexity index is 1920. The fraction of sp³-hybridized carbons (Fsp3) is 0.524. The smallest absolute Gasteiger partial charge is 0.410 e. The molecular formula is C42H51ClF2N4O8. The molecule has 5 atom stereocenters. The zero-order valence-electron chi connectivity index (χ0n) is 32.9. The molecule has 3 aromatic rings. The lowest BCUT2D eigenvalue weighted by atomic mass is 9.67. The summed E-state index contributed by atoms with van der Waals surface area (Å²) in [5, 5.41) is 9.30. The molecule has 2 heterocycles. The first kappa shape index (κ1) is 41.9. The Labute approximate surface area is 337 Å². The number of ether oxygens (including phenoxy) is 3. The van der Waals surface area contributed by atoms with Gasteiger partial charge in [-0.25, -0.2) is 13.6 Å². The van der Waals surface area contributed by atoms with Gasteiger partial charge in [-0.15, -0.1) is 10.1 Å². The van der Waals surface area contributed by atoms with Gasteiger partial charge in [-0.3, -0.25) is 9.69 Å². The van der Waals surface area contributed by atoms with Gasteiger partial charge in [-0.2, -0.15) is 0 Å². The van der Waals surface area contributed by atoms with E-state index in [1.54, 1.807) is 12.0 Å². The van der Waals surface area contributed by atoms with Gasteiger partial charge in [0.2, 0.25) is 5.91 Å². The van der Waals surface area contributed by atoms with Crippen molar-refractivity contribution in [3.63, 3.8) is 0 Å². The van der Waals surface area contributed by atoms with Crippen molar-refractivity contribution in [1.82, 2.24) is 14.7 Å². The Morgan fingerprint density at radius 2 is 1.74 bits per heavy atom. The van der Waals surface area contributed by atoms with E-state index >= 15 is 4.79 Å². The lowest BCUT2D eigenvalue weighted by Crippen LogP contribution is -2.73. The number of benzene rings is 3. The number of methoxy groups -OCH3 is 1. The highest BCUT2D eigenvalue weighted by molar-refractivity contribution is 6.32. The van der Waals surface area contributed by atoms with Gasteiger partial charge >= 0.3 is 6.09 Å². The quantitative estimate of drug-likeness (QED) is 0.0553. The average Bonchev–Trinajstić information content (AvgIpc) is 3.61. The third-order valence-corrected chi connectivity index (χ3v) is 12.0. The van der Waals surface area contributed by atoms with E-state index in [1.165, 1.54) is 0 Å². The van der Waals surface area contributed by atoms with E-state index in [9.17, 15) is 23.7 Å². The number of amides is 2. The second kappa shape index (κ2) is 18.3. The molecule has 12 nitrogen and oxygen atoms in total. The van der Waals surface area contributed by atoms with Crippen molar-refractivity contribution >= 4 is 23.6 Å². The van der Waals surface area contributed by atoms with Crippen LogP contribution in [0, 0.1) is 40.0 Å². The van der Waals surface area contributed by atoms with Gasteiger partial charge in [-0.1, -0.05) is 54.9 Å². The summed E-state index contributed by atoms with van der Waals surface area (Å²) in [6.45, 7) is 6.51. The molecule has 1 saturated carbocycles. The molecule has 57 heavy (non-hydrogen) atoms. The predicted octanol–water partition coefficient (Wildman–Crippen LogP) is 7.60. The van der Waals surface area contributed by atoms with Crippen LogP contribution in [0.2, 0.25) is 5.02 Å². The van der Waals surface area contributed by atoms with Gasteiger partial charge in [0.25, 0.3) is 5.09 Å². The normalized spacial score (nSPS) is 22.3. The SMILES string of the molecule is CCCN(Cc1ccc(OC)c(C)c1)C(=O)C1C(c2ccc(CCCOc3c(F)ccc(F)c3Cl)cc2)CC23CN(C)CC2N(C(=O)OCCCCO[N+](=O)[O-])C13. The number of likely N-dealkylation sites (N-methyl/N-ethyl adjacent to an activating group) is 1. The van der Waals surface area contributed by atoms with Crippen LogP contribution >= 0.6 is 11.6 Å². The second-order valence-corrected chi connectivity index (χ2v) is 15.8. The minimum absolute atomic E-state index is 0.00982. The van der Waals surface area contributed by atoms with Crippen LogP contribution in [-0.4, -0.2) is 97.5 Å². The van der Waals surface area contributed by atoms with Gasteiger partial charge in [0.15, 0.2) is 11.6 Å². The average molecular weight is 813 g/mol. The largest absolute Gasteiger partial charge is 0.496 e. The summed E-state index contributed by atoms with van der Waals surface area (Å²) in [6, 6.07) is 15.5. The Morgan fingerprint density at radius 1 is 1.02 bits per heavy atom. The molecule has 5 unspecified atom stereocenters. The van der Waals surface area contributed by atoms with Crippen LogP contribution in [0.3, 0.4) is 0 Å². The first-order chi connectivity index (χ1) is 27.4. The Morgan fingerprint density at radius 3 is 2.44 bits per heavy atom. The van der Waals surface area contributed by atoms with Crippen molar-refractivity contribution in [2.24, 2.45) is 11.3 Å². The molecule has 3 fully saturated rings. The Balaban J connectivity index is 1.24. The summed E-state index contributed by atoms with van der Waals surface area (Å²) in [5.41, 5.74) is 3.68. The molecule has 1 aliphatic carbocycles. The van der Waals surface area contributed by atoms with Crippen LogP contribution in [0.1, 0.15) is 67.2 Å². The van der Waals surface area contributed by atoms with E-state index in [0.29, 0.717) is 45.3 Å². The zero-order chi connectivity index (χ0) is 40.9. The minimum Gasteiger partial charge on any atom is -0.496 e. The lowest BCUT2D eigenvalue weighted by molar-refractivity contribution is -0.757. The topological polar surface area (TPSA) is 124 Å². The number of carbonyl (C=O) groups excluding carboxylic acids is 2. The summed E-state index contributed by atoms with van der Waals surface area (Å²) < 4.78 is 44.8. The van der Waals surface area contributed by atoms with Gasteiger partial charge < -0.3 is 28.8 Å². The number of halogens is 3. The molecule has 6 rings (SSSR count). The molecule has 2 amide bonds. The molecule has 0 N–H and O–H groups in total. The van der Waals surface area contributed by atoms with E-state index in [1.807, 2.05) is 56.1 Å². The van der Waals surface area contributed by atoms with Gasteiger partial charge in [-0.05, 0) is 98.9 Å². The highest BCUT2D eigenvalue weighted by Crippen LogP contribution is 2.65. The maximum Gasteiger partial charge on any atom is 0.410 e. The van der Waals surface area contributed by atoms with Crippen LogP contribution < -0.4 is 9.47 Å². The first-order valence-corrected chi connectivity index (χ1v) is 19.9. The molecule has 308 valence electrons. The second-order valence-electron chi connectivity index (χ2n) is 15.4. The highest BCUT2D eigenvalue weighted by atomic mass is 35.5. The van der Waals surface area contributed by atoms with Gasteiger partial charge in [0.1, 0.15) is 16.6 Å². The Kier molecular flexibility index (Phi) is 13.4. The molecule has 0 aromatic heterocycles. The number of carbonyl (C=O) groups is 2. The summed E-state index contributed by atoms with van der Waals surface area (Å²) in [6.07, 6.45) is 2.90. The molecule has 15 heteroatoms. The van der Waals surface area contributed by atoms with Crippen LogP contribution in [0.25, 0.3) is 0 Å². The maximum absolute atomic E-state index is 15.1. The fourth-order valence-corrected chi connectivity index (χ4v) is 9.49. The summed E-state index contributed by atoms with van der Waals surface area (Å²) >= 11 is 5.92. The van der Waals surface area contributed by atoms with Crippen molar-refractivity contribution in [1.29, 1.82) is 0 Å². The predicted molar refractivity (Wildman–Crippen MR) is 209 cm³/mol. The molecule has 0 radical (unpaired) electrons. The number of likely N-dealkylation sites (tertiary alicyclic amines) is 2. The van der Waals surface area contributed by atoms with Crippen molar-refractivity contribution in [3.05, 3.63) is 104 Å². The van der Waals surface area contributed by atoms with E-state index in [-0.39, 0.29) is 59.9 Å². The first-order valence-electron chi connectivity index (χ1n) is 19.6. The van der Waals surface area contributed by atoms with Crippen LogP contribution in [0.4, 0.5) is 13.6 Å². The number of hydrogen-bond acceptors (Lipinski definition) is 9. The van der Waals surface area contributed by atoms with Gasteiger partial charge in [0, 0.05) is 31.6 Å². The maximum atomic E-state index is 15.1. The summed E-state index contributed by atoms with van der Waals surface area (Å²) in [7, 11) is 3.67. The highest BCUT2D eigenvalue weighted by Gasteiger charge is 2.74. The van der Waals surface area contributed by atoms with Crippen LogP contribution in [-0.2, 0) is 27.3 Å². The molecule has 0 bridgehead atoms. The third-order valence-electron chi connectivity index (χ3n) is 11.7. The lowest BCUT2D eigenvalue weighted by Gasteiger charge is -2.57. The summed E-state index contributed by atoms with van der Waals surface area (Å²) in [5.74, 6) is -1.72. The zero-order valence-corrected chi connectivity index (χ0v) is 33.6. The number of hydrogen-bond donors (Lipinski definition) is 0. The molecular weight excluding hydrogens is 762 g/mol. The molecule has 3 aromatic carbocycles. The van der Waals surface area contributed by atoms with Crippen molar-refractivity contribution in [2.75, 3.05) is 53.6 Å². The number of aryl methyl sites for hydroxylation is 2. The van der Waals surface area contributed by atoms with Crippen LogP contribution in [0.5, 0.6) is 11.5 Å². The van der Waals surface area contributed by atoms with E-state index in [0.717, 1.165) is 59.5 Å². The fourth-order valence-electron chi connectivity index (χ4n) is 9.28. The minimum atomic E-state index is -0.840. The number of nitrogens with zero attached hydrogens (tertiary/aromatic N) is 4.